The van der Waals surface area contributed by atoms with Gasteiger partial charge in [0.25, 0.3) is 0 Å². The van der Waals surface area contributed by atoms with Crippen molar-refractivity contribution in [2.24, 2.45) is 0 Å². The number of benzene rings is 1. The molecule has 1 aliphatic rings. The fraction of sp³-hybridized carbons (Fsp3) is 0.364. The van der Waals surface area contributed by atoms with Crippen LogP contribution in [0.5, 0.6) is 0 Å². The lowest BCUT2D eigenvalue weighted by Gasteiger charge is -2.23. The first-order chi connectivity index (χ1) is 7.74. The summed E-state index contributed by atoms with van der Waals surface area (Å²) in [6, 6.07) is 6.43. The van der Waals surface area contributed by atoms with E-state index in [2.05, 4.69) is 0 Å². The molecule has 16 heavy (non-hydrogen) atoms. The Morgan fingerprint density at radius 3 is 2.94 bits per heavy atom. The van der Waals surface area contributed by atoms with Crippen LogP contribution in [0.2, 0.25) is 0 Å². The third kappa shape index (κ3) is 2.05. The van der Waals surface area contributed by atoms with Crippen LogP contribution in [-0.2, 0) is 4.79 Å². The Morgan fingerprint density at radius 2 is 2.25 bits per heavy atom. The van der Waals surface area contributed by atoms with E-state index in [1.165, 1.54) is 22.7 Å². The number of aliphatic hydroxyl groups is 1. The lowest BCUT2D eigenvalue weighted by Crippen LogP contribution is -2.31. The van der Waals surface area contributed by atoms with Gasteiger partial charge in [0.2, 0.25) is 5.91 Å². The number of hydrogen-bond acceptors (Lipinski definition) is 3. The quantitative estimate of drug-likeness (QED) is 0.869. The maximum atomic E-state index is 13.6. The van der Waals surface area contributed by atoms with Gasteiger partial charge in [0.05, 0.1) is 12.4 Å². The van der Waals surface area contributed by atoms with Crippen LogP contribution in [0.15, 0.2) is 24.3 Å². The lowest BCUT2D eigenvalue weighted by atomic mass is 10.2. The summed E-state index contributed by atoms with van der Waals surface area (Å²) in [5.74, 6) is -0.0103. The summed E-state index contributed by atoms with van der Waals surface area (Å²) in [6.45, 7) is 0.155. The highest BCUT2D eigenvalue weighted by molar-refractivity contribution is 8.00. The highest BCUT2D eigenvalue weighted by Crippen LogP contribution is 2.39. The molecule has 1 fully saturated rings. The maximum Gasteiger partial charge on any atom is 0.233 e. The molecule has 86 valence electrons. The van der Waals surface area contributed by atoms with E-state index in [1.807, 2.05) is 0 Å². The van der Waals surface area contributed by atoms with E-state index in [-0.39, 0.29) is 30.2 Å². The average molecular weight is 241 g/mol. The molecule has 1 amide bonds. The molecule has 0 spiro atoms. The first-order valence-corrected chi connectivity index (χ1v) is 6.05. The first kappa shape index (κ1) is 11.4. The molecule has 2 rings (SSSR count). The molecule has 0 bridgehead atoms. The van der Waals surface area contributed by atoms with Crippen molar-refractivity contribution in [2.45, 2.75) is 5.37 Å². The minimum atomic E-state index is -0.308. The van der Waals surface area contributed by atoms with E-state index in [1.54, 1.807) is 18.2 Å². The van der Waals surface area contributed by atoms with Gasteiger partial charge in [-0.25, -0.2) is 4.39 Å². The van der Waals surface area contributed by atoms with Gasteiger partial charge < -0.3 is 10.0 Å². The Morgan fingerprint density at radius 1 is 1.50 bits per heavy atom. The molecule has 1 aromatic carbocycles. The van der Waals surface area contributed by atoms with Gasteiger partial charge >= 0.3 is 0 Å². The second-order valence-corrected chi connectivity index (χ2v) is 4.56. The van der Waals surface area contributed by atoms with Gasteiger partial charge in [0.1, 0.15) is 11.2 Å². The summed E-state index contributed by atoms with van der Waals surface area (Å²) in [4.78, 5) is 13.0. The minimum Gasteiger partial charge on any atom is -0.395 e. The second kappa shape index (κ2) is 4.84. The highest BCUT2D eigenvalue weighted by atomic mass is 32.2. The van der Waals surface area contributed by atoms with E-state index >= 15 is 0 Å². The van der Waals surface area contributed by atoms with Crippen LogP contribution < -0.4 is 0 Å². The number of halogens is 1. The molecule has 1 saturated heterocycles. The summed E-state index contributed by atoms with van der Waals surface area (Å²) < 4.78 is 13.6. The van der Waals surface area contributed by atoms with Crippen molar-refractivity contribution in [3.8, 4) is 0 Å². The minimum absolute atomic E-state index is 0.0488. The van der Waals surface area contributed by atoms with Crippen molar-refractivity contribution < 1.29 is 14.3 Å². The predicted molar refractivity (Wildman–Crippen MR) is 60.4 cm³/mol. The molecule has 1 N–H and O–H groups in total. The number of amides is 1. The number of thioether (sulfide) groups is 1. The van der Waals surface area contributed by atoms with E-state index in [4.69, 9.17) is 5.11 Å². The number of rotatable bonds is 3. The normalized spacial score (nSPS) is 20.5. The number of carbonyl (C=O) groups is 1. The fourth-order valence-corrected chi connectivity index (χ4v) is 2.98. The Labute approximate surface area is 97.3 Å². The molecule has 0 radical (unpaired) electrons. The van der Waals surface area contributed by atoms with Crippen LogP contribution in [0.4, 0.5) is 4.39 Å². The van der Waals surface area contributed by atoms with Crippen LogP contribution in [0.3, 0.4) is 0 Å². The standard InChI is InChI=1S/C11H12FNO2S/c12-9-4-2-1-3-8(9)11-13(5-6-14)10(15)7-16-11/h1-4,11,14H,5-7H2. The van der Waals surface area contributed by atoms with Crippen molar-refractivity contribution in [3.63, 3.8) is 0 Å². The second-order valence-electron chi connectivity index (χ2n) is 3.50. The van der Waals surface area contributed by atoms with Crippen LogP contribution in [0.25, 0.3) is 0 Å². The summed E-state index contributed by atoms with van der Waals surface area (Å²) in [5.41, 5.74) is 0.506. The molecule has 1 heterocycles. The van der Waals surface area contributed by atoms with E-state index in [0.29, 0.717) is 11.3 Å². The van der Waals surface area contributed by atoms with Crippen molar-refractivity contribution in [1.82, 2.24) is 4.90 Å². The van der Waals surface area contributed by atoms with Crippen LogP contribution in [0.1, 0.15) is 10.9 Å². The summed E-state index contributed by atoms with van der Waals surface area (Å²) in [5, 5.41) is 8.58. The van der Waals surface area contributed by atoms with Gasteiger partial charge in [-0.1, -0.05) is 18.2 Å². The van der Waals surface area contributed by atoms with Gasteiger partial charge in [0.15, 0.2) is 0 Å². The van der Waals surface area contributed by atoms with E-state index in [0.717, 1.165) is 0 Å². The van der Waals surface area contributed by atoms with Crippen LogP contribution >= 0.6 is 11.8 Å². The predicted octanol–water partition coefficient (Wildman–Crippen LogP) is 1.39. The molecule has 0 aromatic heterocycles. The zero-order chi connectivity index (χ0) is 11.5. The van der Waals surface area contributed by atoms with Gasteiger partial charge in [-0.3, -0.25) is 4.79 Å². The smallest absolute Gasteiger partial charge is 0.233 e. The molecule has 1 unspecified atom stereocenters. The van der Waals surface area contributed by atoms with Crippen LogP contribution in [0, 0.1) is 5.82 Å². The zero-order valence-corrected chi connectivity index (χ0v) is 9.41. The fourth-order valence-electron chi connectivity index (χ4n) is 1.74. The highest BCUT2D eigenvalue weighted by Gasteiger charge is 2.33. The van der Waals surface area contributed by atoms with Gasteiger partial charge in [-0.15, -0.1) is 11.8 Å². The molecular formula is C11H12FNO2S. The van der Waals surface area contributed by atoms with Crippen molar-refractivity contribution in [1.29, 1.82) is 0 Å². The van der Waals surface area contributed by atoms with E-state index < -0.39 is 0 Å². The molecular weight excluding hydrogens is 229 g/mol. The Kier molecular flexibility index (Phi) is 3.46. The van der Waals surface area contributed by atoms with Gasteiger partial charge in [0, 0.05) is 12.1 Å². The maximum absolute atomic E-state index is 13.6. The number of nitrogens with zero attached hydrogens (tertiary/aromatic N) is 1. The SMILES string of the molecule is O=C1CSC(c2ccccc2F)N1CCO. The van der Waals surface area contributed by atoms with Crippen molar-refractivity contribution in [2.75, 3.05) is 18.9 Å². The Hall–Kier alpha value is -1.07. The van der Waals surface area contributed by atoms with Crippen LogP contribution in [-0.4, -0.2) is 34.8 Å². The number of hydrogen-bond donors (Lipinski definition) is 1. The number of aliphatic hydroxyl groups excluding tert-OH is 1. The van der Waals surface area contributed by atoms with E-state index in [9.17, 15) is 9.18 Å². The zero-order valence-electron chi connectivity index (χ0n) is 8.60. The molecule has 1 atom stereocenters. The molecule has 0 saturated carbocycles. The monoisotopic (exact) mass is 241 g/mol. The molecule has 0 aliphatic carbocycles. The Bertz CT molecular complexity index is 399. The summed E-state index contributed by atoms with van der Waals surface area (Å²) in [7, 11) is 0. The molecule has 3 nitrogen and oxygen atoms in total. The topological polar surface area (TPSA) is 40.5 Å². The third-order valence-electron chi connectivity index (χ3n) is 2.48. The number of carbonyl (C=O) groups excluding carboxylic acids is 1. The lowest BCUT2D eigenvalue weighted by molar-refractivity contribution is -0.128. The Balaban J connectivity index is 2.27. The van der Waals surface area contributed by atoms with Gasteiger partial charge in [-0.05, 0) is 6.07 Å². The first-order valence-electron chi connectivity index (χ1n) is 5.00. The molecule has 5 heteroatoms. The molecule has 1 aliphatic heterocycles. The summed E-state index contributed by atoms with van der Waals surface area (Å²) >= 11 is 1.39. The van der Waals surface area contributed by atoms with Gasteiger partial charge in [-0.2, -0.15) is 0 Å². The average Bonchev–Trinajstić information content (AvgIpc) is 2.62. The third-order valence-corrected chi connectivity index (χ3v) is 3.72. The van der Waals surface area contributed by atoms with Crippen molar-refractivity contribution >= 4 is 17.7 Å². The largest absolute Gasteiger partial charge is 0.395 e. The summed E-state index contributed by atoms with van der Waals surface area (Å²) in [6.07, 6.45) is 0. The molecule has 1 aromatic rings. The number of β-amino-alcohol motifs (C(OH)–C–C–N with tert-alkyl or cyclic N) is 1. The van der Waals surface area contributed by atoms with Crippen molar-refractivity contribution in [3.05, 3.63) is 35.6 Å².